The maximum Gasteiger partial charge on any atom is 0.338 e. The van der Waals surface area contributed by atoms with Gasteiger partial charge in [-0.2, -0.15) is 0 Å². The van der Waals surface area contributed by atoms with E-state index in [1.54, 1.807) is 24.0 Å². The topological polar surface area (TPSA) is 128 Å². The van der Waals surface area contributed by atoms with E-state index >= 15 is 0 Å². The third-order valence-electron chi connectivity index (χ3n) is 6.94. The number of primary amides is 1. The molecule has 8 nitrogen and oxygen atoms in total. The van der Waals surface area contributed by atoms with Gasteiger partial charge in [0.1, 0.15) is 11.9 Å². The number of benzene rings is 3. The van der Waals surface area contributed by atoms with Crippen LogP contribution >= 0.6 is 0 Å². The zero-order chi connectivity index (χ0) is 30.6. The van der Waals surface area contributed by atoms with Gasteiger partial charge in [-0.15, -0.1) is 0 Å². The van der Waals surface area contributed by atoms with Crippen molar-refractivity contribution in [3.05, 3.63) is 106 Å². The van der Waals surface area contributed by atoms with Gasteiger partial charge in [0.2, 0.25) is 5.91 Å². The van der Waals surface area contributed by atoms with E-state index in [9.17, 15) is 18.8 Å². The van der Waals surface area contributed by atoms with Crippen LogP contribution in [0.25, 0.3) is 0 Å². The molecule has 0 aliphatic heterocycles. The van der Waals surface area contributed by atoms with Gasteiger partial charge < -0.3 is 26.4 Å². The molecular formula is C33H41FN4O4. The highest BCUT2D eigenvalue weighted by Gasteiger charge is 2.26. The number of carbonyl (C=O) groups excluding carboxylic acids is 3. The van der Waals surface area contributed by atoms with E-state index in [1.807, 2.05) is 44.2 Å². The van der Waals surface area contributed by atoms with Crippen LogP contribution in [0.1, 0.15) is 74.5 Å². The quantitative estimate of drug-likeness (QED) is 0.231. The van der Waals surface area contributed by atoms with Gasteiger partial charge in [-0.1, -0.05) is 56.3 Å². The van der Waals surface area contributed by atoms with E-state index in [0.717, 1.165) is 18.4 Å². The number of nitrogens with one attached hydrogen (secondary N) is 1. The lowest BCUT2D eigenvalue weighted by molar-refractivity contribution is 0.0238. The molecule has 224 valence electrons. The third-order valence-corrected chi connectivity index (χ3v) is 6.94. The predicted molar refractivity (Wildman–Crippen MR) is 162 cm³/mol. The van der Waals surface area contributed by atoms with Crippen molar-refractivity contribution < 1.29 is 23.5 Å². The summed E-state index contributed by atoms with van der Waals surface area (Å²) < 4.78 is 20.1. The minimum atomic E-state index is -0.807. The molecule has 0 heterocycles. The Morgan fingerprint density at radius 1 is 0.905 bits per heavy atom. The monoisotopic (exact) mass is 576 g/mol. The lowest BCUT2D eigenvalue weighted by Crippen LogP contribution is -2.46. The standard InChI is InChI=1S/C33H41FN4O4/c1-4-13-38(14-5-2)32(40)26-17-25(31(36)39)18-27(19-26)33(41)42-30(21-37-20-23-9-7-6-8-10-23)29(35)16-24-12-11-22(3)28(34)15-24/h6-12,15,17-19,29-30,37H,4-5,13-14,16,20-21,35H2,1-3H3,(H2,36,39)/t29-,30+/m0/s1. The molecule has 0 radical (unpaired) electrons. The molecule has 2 atom stereocenters. The van der Waals surface area contributed by atoms with Gasteiger partial charge >= 0.3 is 5.97 Å². The zero-order valence-electron chi connectivity index (χ0n) is 24.6. The summed E-state index contributed by atoms with van der Waals surface area (Å²) in [5.41, 5.74) is 14.5. The number of hydrogen-bond donors (Lipinski definition) is 3. The van der Waals surface area contributed by atoms with Crippen molar-refractivity contribution in [2.45, 2.75) is 58.7 Å². The predicted octanol–water partition coefficient (Wildman–Crippen LogP) is 4.38. The van der Waals surface area contributed by atoms with Crippen molar-refractivity contribution in [3.8, 4) is 0 Å². The van der Waals surface area contributed by atoms with Gasteiger partial charge in [-0.3, -0.25) is 9.59 Å². The lowest BCUT2D eigenvalue weighted by Gasteiger charge is -2.25. The van der Waals surface area contributed by atoms with Gasteiger partial charge in [0, 0.05) is 43.3 Å². The van der Waals surface area contributed by atoms with Crippen LogP contribution in [0.3, 0.4) is 0 Å². The maximum absolute atomic E-state index is 14.2. The van der Waals surface area contributed by atoms with Crippen LogP contribution in [0.5, 0.6) is 0 Å². The number of rotatable bonds is 15. The molecule has 0 aliphatic carbocycles. The Labute approximate surface area is 247 Å². The van der Waals surface area contributed by atoms with Gasteiger partial charge in [-0.25, -0.2) is 9.18 Å². The molecule has 0 saturated carbocycles. The Hall–Kier alpha value is -4.08. The molecular weight excluding hydrogens is 535 g/mol. The number of halogens is 1. The van der Waals surface area contributed by atoms with E-state index in [2.05, 4.69) is 5.32 Å². The second-order valence-electron chi connectivity index (χ2n) is 10.5. The summed E-state index contributed by atoms with van der Waals surface area (Å²) in [5.74, 6) is -2.15. The van der Waals surface area contributed by atoms with E-state index in [1.165, 1.54) is 24.3 Å². The molecule has 3 aromatic rings. The number of carbonyl (C=O) groups is 3. The first kappa shape index (κ1) is 32.4. The van der Waals surface area contributed by atoms with E-state index in [0.29, 0.717) is 30.8 Å². The first-order chi connectivity index (χ1) is 20.1. The fraction of sp³-hybridized carbons (Fsp3) is 0.364. The second-order valence-corrected chi connectivity index (χ2v) is 10.5. The highest BCUT2D eigenvalue weighted by Crippen LogP contribution is 2.18. The first-order valence-corrected chi connectivity index (χ1v) is 14.3. The van der Waals surface area contributed by atoms with E-state index < -0.39 is 24.0 Å². The summed E-state index contributed by atoms with van der Waals surface area (Å²) >= 11 is 0. The lowest BCUT2D eigenvalue weighted by atomic mass is 10.00. The summed E-state index contributed by atoms with van der Waals surface area (Å²) in [6.07, 6.45) is 0.974. The Kier molecular flexibility index (Phi) is 12.2. The highest BCUT2D eigenvalue weighted by molar-refractivity contribution is 6.03. The largest absolute Gasteiger partial charge is 0.456 e. The minimum Gasteiger partial charge on any atom is -0.456 e. The molecule has 0 unspecified atom stereocenters. The van der Waals surface area contributed by atoms with Crippen molar-refractivity contribution in [1.82, 2.24) is 10.2 Å². The average Bonchev–Trinajstić information content (AvgIpc) is 2.98. The molecule has 5 N–H and O–H groups in total. The summed E-state index contributed by atoms with van der Waals surface area (Å²) in [6, 6.07) is 18.1. The van der Waals surface area contributed by atoms with Crippen molar-refractivity contribution in [1.29, 1.82) is 0 Å². The molecule has 9 heteroatoms. The Morgan fingerprint density at radius 2 is 1.55 bits per heavy atom. The zero-order valence-corrected chi connectivity index (χ0v) is 24.6. The summed E-state index contributed by atoms with van der Waals surface area (Å²) in [7, 11) is 0. The van der Waals surface area contributed by atoms with Gasteiger partial charge in [-0.05, 0) is 67.1 Å². The summed E-state index contributed by atoms with van der Waals surface area (Å²) in [5, 5.41) is 3.28. The highest BCUT2D eigenvalue weighted by atomic mass is 19.1. The van der Waals surface area contributed by atoms with Crippen LogP contribution in [0.4, 0.5) is 4.39 Å². The van der Waals surface area contributed by atoms with Crippen LogP contribution in [-0.2, 0) is 17.7 Å². The van der Waals surface area contributed by atoms with E-state index in [4.69, 9.17) is 16.2 Å². The number of aryl methyl sites for hydroxylation is 1. The second kappa shape index (κ2) is 15.8. The van der Waals surface area contributed by atoms with Crippen molar-refractivity contribution in [3.63, 3.8) is 0 Å². The average molecular weight is 577 g/mol. The fourth-order valence-electron chi connectivity index (χ4n) is 4.66. The maximum atomic E-state index is 14.2. The third kappa shape index (κ3) is 9.22. The molecule has 0 aliphatic rings. The Morgan fingerprint density at radius 3 is 2.17 bits per heavy atom. The van der Waals surface area contributed by atoms with Gasteiger partial charge in [0.15, 0.2) is 0 Å². The van der Waals surface area contributed by atoms with Crippen molar-refractivity contribution in [2.75, 3.05) is 19.6 Å². The molecule has 0 spiro atoms. The summed E-state index contributed by atoms with van der Waals surface area (Å²) in [4.78, 5) is 40.6. The number of nitrogens with two attached hydrogens (primary N) is 2. The van der Waals surface area contributed by atoms with Crippen LogP contribution in [0.15, 0.2) is 66.7 Å². The fourth-order valence-corrected chi connectivity index (χ4v) is 4.66. The number of amides is 2. The van der Waals surface area contributed by atoms with Crippen LogP contribution in [0, 0.1) is 12.7 Å². The smallest absolute Gasteiger partial charge is 0.338 e. The Balaban J connectivity index is 1.86. The van der Waals surface area contributed by atoms with Crippen molar-refractivity contribution in [2.24, 2.45) is 11.5 Å². The number of ether oxygens (including phenoxy) is 1. The van der Waals surface area contributed by atoms with Crippen LogP contribution < -0.4 is 16.8 Å². The van der Waals surface area contributed by atoms with Gasteiger partial charge in [0.05, 0.1) is 5.56 Å². The minimum absolute atomic E-state index is 0.0178. The van der Waals surface area contributed by atoms with E-state index in [-0.39, 0.29) is 41.4 Å². The summed E-state index contributed by atoms with van der Waals surface area (Å²) in [6.45, 7) is 7.44. The SMILES string of the molecule is CCCN(CCC)C(=O)c1cc(C(N)=O)cc(C(=O)O[C@H](CNCc2ccccc2)[C@@H](N)Cc2ccc(C)c(F)c2)c1. The molecule has 0 bridgehead atoms. The Bertz CT molecular complexity index is 1360. The van der Waals surface area contributed by atoms with Crippen LogP contribution in [-0.4, -0.2) is 54.5 Å². The van der Waals surface area contributed by atoms with Gasteiger partial charge in [0.25, 0.3) is 5.91 Å². The normalized spacial score (nSPS) is 12.4. The molecule has 3 rings (SSSR count). The number of hydrogen-bond acceptors (Lipinski definition) is 6. The molecule has 0 fully saturated rings. The molecule has 2 amide bonds. The first-order valence-electron chi connectivity index (χ1n) is 14.3. The molecule has 0 aromatic heterocycles. The number of nitrogens with zero attached hydrogens (tertiary/aromatic N) is 1. The van der Waals surface area contributed by atoms with Crippen LogP contribution in [0.2, 0.25) is 0 Å². The number of esters is 1. The molecule has 42 heavy (non-hydrogen) atoms. The van der Waals surface area contributed by atoms with Crippen molar-refractivity contribution >= 4 is 17.8 Å². The molecule has 3 aromatic carbocycles. The molecule has 0 saturated heterocycles.